The van der Waals surface area contributed by atoms with E-state index in [0.717, 1.165) is 19.3 Å². The van der Waals surface area contributed by atoms with Crippen LogP contribution in [0.3, 0.4) is 0 Å². The molecular formula is C17H19N3O4S2. The van der Waals surface area contributed by atoms with Gasteiger partial charge >= 0.3 is 5.97 Å². The quantitative estimate of drug-likeness (QED) is 0.831. The van der Waals surface area contributed by atoms with Crippen molar-refractivity contribution in [2.45, 2.75) is 25.0 Å². The van der Waals surface area contributed by atoms with Gasteiger partial charge in [0.1, 0.15) is 0 Å². The van der Waals surface area contributed by atoms with E-state index >= 15 is 0 Å². The van der Waals surface area contributed by atoms with Gasteiger partial charge in [-0.05, 0) is 24.7 Å². The molecule has 1 atom stereocenters. The minimum absolute atomic E-state index is 0.0576. The standard InChI is InChI=1S/C17H19N3O4S2/c21-13-7-11(18-16-20(13)5-6-26-16)9-25-10-14(22)19-3-1-17(2-4-19)8-12(17)15(23)24/h5-7,12H,1-4,8-10H2,(H,23,24). The second-order valence-electron chi connectivity index (χ2n) is 6.97. The SMILES string of the molecule is O=C(O)C1CC12CCN(C(=O)CSCc1cc(=O)n3ccsc3n1)CC2. The predicted molar refractivity (Wildman–Crippen MR) is 99.5 cm³/mol. The summed E-state index contributed by atoms with van der Waals surface area (Å²) in [5, 5.41) is 11.0. The number of aliphatic carboxylic acids is 1. The Morgan fingerprint density at radius 2 is 2.15 bits per heavy atom. The molecule has 1 unspecified atom stereocenters. The van der Waals surface area contributed by atoms with Crippen LogP contribution in [0.4, 0.5) is 0 Å². The number of carbonyl (C=O) groups excluding carboxylic acids is 1. The molecule has 2 aliphatic rings. The Balaban J connectivity index is 1.27. The molecule has 1 amide bonds. The van der Waals surface area contributed by atoms with E-state index < -0.39 is 5.97 Å². The molecule has 1 aliphatic carbocycles. The maximum atomic E-state index is 12.4. The topological polar surface area (TPSA) is 92.0 Å². The highest BCUT2D eigenvalue weighted by molar-refractivity contribution is 7.99. The van der Waals surface area contributed by atoms with E-state index in [1.54, 1.807) is 6.20 Å². The van der Waals surface area contributed by atoms with Crippen molar-refractivity contribution in [1.82, 2.24) is 14.3 Å². The van der Waals surface area contributed by atoms with E-state index in [1.165, 1.54) is 33.6 Å². The van der Waals surface area contributed by atoms with E-state index in [4.69, 9.17) is 5.11 Å². The normalized spacial score (nSPS) is 21.2. The summed E-state index contributed by atoms with van der Waals surface area (Å²) >= 11 is 2.87. The number of carbonyl (C=O) groups is 2. The summed E-state index contributed by atoms with van der Waals surface area (Å²) in [7, 11) is 0. The lowest BCUT2D eigenvalue weighted by molar-refractivity contribution is -0.139. The van der Waals surface area contributed by atoms with Crippen molar-refractivity contribution in [3.63, 3.8) is 0 Å². The van der Waals surface area contributed by atoms with Gasteiger partial charge in [-0.15, -0.1) is 23.1 Å². The number of aromatic nitrogens is 2. The zero-order chi connectivity index (χ0) is 18.3. The number of hydrogen-bond donors (Lipinski definition) is 1. The third-order valence-corrected chi connectivity index (χ3v) is 7.14. The summed E-state index contributed by atoms with van der Waals surface area (Å²) in [6.07, 6.45) is 4.03. The number of thioether (sulfide) groups is 1. The summed E-state index contributed by atoms with van der Waals surface area (Å²) in [5.41, 5.74) is 0.532. The Kier molecular flexibility index (Phi) is 4.52. The van der Waals surface area contributed by atoms with Crippen LogP contribution >= 0.6 is 23.1 Å². The Labute approximate surface area is 158 Å². The molecule has 26 heavy (non-hydrogen) atoms. The maximum absolute atomic E-state index is 12.4. The first-order chi connectivity index (χ1) is 12.5. The van der Waals surface area contributed by atoms with Crippen LogP contribution in [-0.4, -0.2) is 50.1 Å². The lowest BCUT2D eigenvalue weighted by atomic mass is 9.91. The molecule has 2 aromatic rings. The molecule has 1 saturated carbocycles. The number of nitrogens with zero attached hydrogens (tertiary/aromatic N) is 3. The molecule has 0 aromatic carbocycles. The molecule has 2 aromatic heterocycles. The monoisotopic (exact) mass is 393 g/mol. The predicted octanol–water partition coefficient (Wildman–Crippen LogP) is 1.70. The van der Waals surface area contributed by atoms with Crippen molar-refractivity contribution in [1.29, 1.82) is 0 Å². The van der Waals surface area contributed by atoms with E-state index in [-0.39, 0.29) is 22.8 Å². The molecular weight excluding hydrogens is 374 g/mol. The number of carboxylic acids is 1. The van der Waals surface area contributed by atoms with Crippen molar-refractivity contribution in [3.05, 3.63) is 33.7 Å². The van der Waals surface area contributed by atoms with Crippen LogP contribution < -0.4 is 5.56 Å². The summed E-state index contributed by atoms with van der Waals surface area (Å²) in [6.45, 7) is 1.29. The van der Waals surface area contributed by atoms with Gasteiger partial charge in [0.2, 0.25) is 5.91 Å². The highest BCUT2D eigenvalue weighted by Gasteiger charge is 2.59. The number of carboxylic acid groups (broad SMARTS) is 1. The number of likely N-dealkylation sites (tertiary alicyclic amines) is 1. The zero-order valence-electron chi connectivity index (χ0n) is 14.1. The van der Waals surface area contributed by atoms with Gasteiger partial charge in [-0.25, -0.2) is 4.98 Å². The highest BCUT2D eigenvalue weighted by atomic mass is 32.2. The maximum Gasteiger partial charge on any atom is 0.307 e. The van der Waals surface area contributed by atoms with Crippen LogP contribution in [-0.2, 0) is 15.3 Å². The minimum atomic E-state index is -0.702. The van der Waals surface area contributed by atoms with E-state index in [1.807, 2.05) is 10.3 Å². The van der Waals surface area contributed by atoms with Crippen LogP contribution in [0.2, 0.25) is 0 Å². The average Bonchev–Trinajstić information content (AvgIpc) is 3.10. The van der Waals surface area contributed by atoms with Crippen LogP contribution in [0.25, 0.3) is 4.96 Å². The molecule has 3 heterocycles. The van der Waals surface area contributed by atoms with Crippen LogP contribution in [0.1, 0.15) is 25.0 Å². The number of hydrogen-bond acceptors (Lipinski definition) is 6. The number of fused-ring (bicyclic) bond motifs is 1. The van der Waals surface area contributed by atoms with Crippen molar-refractivity contribution in [2.75, 3.05) is 18.8 Å². The van der Waals surface area contributed by atoms with Crippen molar-refractivity contribution < 1.29 is 14.7 Å². The summed E-state index contributed by atoms with van der Waals surface area (Å²) in [5.74, 6) is 0.0269. The van der Waals surface area contributed by atoms with Gasteiger partial charge in [0.05, 0.1) is 17.4 Å². The lowest BCUT2D eigenvalue weighted by Crippen LogP contribution is -2.40. The smallest absolute Gasteiger partial charge is 0.307 e. The van der Waals surface area contributed by atoms with Crippen molar-refractivity contribution >= 4 is 39.9 Å². The largest absolute Gasteiger partial charge is 0.481 e. The molecule has 9 heteroatoms. The van der Waals surface area contributed by atoms with Crippen LogP contribution in [0.5, 0.6) is 0 Å². The summed E-state index contributed by atoms with van der Waals surface area (Å²) in [4.78, 5) is 42.4. The lowest BCUT2D eigenvalue weighted by Gasteiger charge is -2.32. The number of rotatable bonds is 5. The molecule has 7 nitrogen and oxygen atoms in total. The Morgan fingerprint density at radius 1 is 1.38 bits per heavy atom. The van der Waals surface area contributed by atoms with E-state index in [2.05, 4.69) is 4.98 Å². The number of piperidine rings is 1. The van der Waals surface area contributed by atoms with E-state index in [9.17, 15) is 14.4 Å². The fraction of sp³-hybridized carbons (Fsp3) is 0.529. The van der Waals surface area contributed by atoms with Gasteiger partial charge in [-0.3, -0.25) is 18.8 Å². The van der Waals surface area contributed by atoms with Gasteiger partial charge in [0.15, 0.2) is 4.96 Å². The fourth-order valence-electron chi connectivity index (χ4n) is 3.75. The minimum Gasteiger partial charge on any atom is -0.481 e. The van der Waals surface area contributed by atoms with Crippen molar-refractivity contribution in [3.8, 4) is 0 Å². The first kappa shape index (κ1) is 17.5. The molecule has 1 spiro atoms. The Bertz CT molecular complexity index is 914. The van der Waals surface area contributed by atoms with Gasteiger partial charge < -0.3 is 10.0 Å². The zero-order valence-corrected chi connectivity index (χ0v) is 15.7. The fourth-order valence-corrected chi connectivity index (χ4v) is 5.30. The Morgan fingerprint density at radius 3 is 2.85 bits per heavy atom. The first-order valence-electron chi connectivity index (χ1n) is 8.53. The van der Waals surface area contributed by atoms with Gasteiger partial charge in [-0.2, -0.15) is 0 Å². The second kappa shape index (κ2) is 6.70. The molecule has 0 bridgehead atoms. The molecule has 1 aliphatic heterocycles. The van der Waals surface area contributed by atoms with E-state index in [0.29, 0.717) is 35.3 Å². The van der Waals surface area contributed by atoms with Gasteiger partial charge in [0, 0.05) is 36.5 Å². The third-order valence-electron chi connectivity index (χ3n) is 5.43. The number of thiazole rings is 1. The second-order valence-corrected chi connectivity index (χ2v) is 8.83. The molecule has 0 radical (unpaired) electrons. The number of amides is 1. The van der Waals surface area contributed by atoms with Crippen LogP contribution in [0, 0.1) is 11.3 Å². The molecule has 1 saturated heterocycles. The molecule has 138 valence electrons. The third kappa shape index (κ3) is 3.25. The summed E-state index contributed by atoms with van der Waals surface area (Å²) < 4.78 is 1.51. The van der Waals surface area contributed by atoms with Gasteiger partial charge in [-0.1, -0.05) is 0 Å². The average molecular weight is 393 g/mol. The van der Waals surface area contributed by atoms with Crippen LogP contribution in [0.15, 0.2) is 22.4 Å². The summed E-state index contributed by atoms with van der Waals surface area (Å²) in [6, 6.07) is 1.51. The molecule has 1 N–H and O–H groups in total. The first-order valence-corrected chi connectivity index (χ1v) is 10.6. The van der Waals surface area contributed by atoms with Crippen molar-refractivity contribution in [2.24, 2.45) is 11.3 Å². The molecule has 4 rings (SSSR count). The van der Waals surface area contributed by atoms with Gasteiger partial charge in [0.25, 0.3) is 5.56 Å². The molecule has 2 fully saturated rings. The Hall–Kier alpha value is -1.87. The highest BCUT2D eigenvalue weighted by Crippen LogP contribution is 2.59.